The molecule has 1 rings (SSSR count). The van der Waals surface area contributed by atoms with Crippen molar-refractivity contribution in [3.63, 3.8) is 0 Å². The van der Waals surface area contributed by atoms with Crippen molar-refractivity contribution in [1.29, 1.82) is 0 Å². The Balaban J connectivity index is 2.81. The Morgan fingerprint density at radius 3 is 2.56 bits per heavy atom. The molecule has 0 fully saturated rings. The first kappa shape index (κ1) is 14.5. The van der Waals surface area contributed by atoms with E-state index in [0.29, 0.717) is 17.3 Å². The van der Waals surface area contributed by atoms with Gasteiger partial charge in [-0.2, -0.15) is 0 Å². The summed E-state index contributed by atoms with van der Waals surface area (Å²) in [4.78, 5) is 24.6. The van der Waals surface area contributed by atoms with Crippen LogP contribution in [0.25, 0.3) is 0 Å². The van der Waals surface area contributed by atoms with Crippen molar-refractivity contribution in [3.8, 4) is 0 Å². The van der Waals surface area contributed by atoms with Gasteiger partial charge in [0, 0.05) is 13.5 Å². The molecule has 0 aromatic heterocycles. The molecular weight excluding hydrogens is 252 g/mol. The minimum Gasteiger partial charge on any atom is -0.355 e. The second-order valence-corrected chi connectivity index (χ2v) is 4.31. The molecule has 0 radical (unpaired) electrons. The average Bonchev–Trinajstić information content (AvgIpc) is 2.34. The van der Waals surface area contributed by atoms with Gasteiger partial charge in [-0.1, -0.05) is 30.7 Å². The standard InChI is InChI=1S/C13H17ClN2O2/c1-3-8-15-13(18)9-16(10(2)17)12-7-5-4-6-11(12)14/h4-7H,3,8-9H2,1-2H3,(H,15,18). The van der Waals surface area contributed by atoms with Crippen LogP contribution in [0.1, 0.15) is 20.3 Å². The Kier molecular flexibility index (Phi) is 5.65. The largest absolute Gasteiger partial charge is 0.355 e. The molecule has 5 heteroatoms. The van der Waals surface area contributed by atoms with Gasteiger partial charge < -0.3 is 10.2 Å². The second-order valence-electron chi connectivity index (χ2n) is 3.91. The maximum Gasteiger partial charge on any atom is 0.240 e. The van der Waals surface area contributed by atoms with Gasteiger partial charge >= 0.3 is 0 Å². The van der Waals surface area contributed by atoms with Gasteiger partial charge in [0.1, 0.15) is 6.54 Å². The van der Waals surface area contributed by atoms with E-state index < -0.39 is 0 Å². The number of hydrogen-bond acceptors (Lipinski definition) is 2. The van der Waals surface area contributed by atoms with Crippen molar-refractivity contribution in [1.82, 2.24) is 5.32 Å². The van der Waals surface area contributed by atoms with Gasteiger partial charge in [0.25, 0.3) is 0 Å². The summed E-state index contributed by atoms with van der Waals surface area (Å²) in [5, 5.41) is 3.19. The zero-order valence-electron chi connectivity index (χ0n) is 10.6. The number of rotatable bonds is 5. The van der Waals surface area contributed by atoms with Crippen molar-refractivity contribution in [2.24, 2.45) is 0 Å². The highest BCUT2D eigenvalue weighted by Gasteiger charge is 2.17. The Morgan fingerprint density at radius 2 is 2.00 bits per heavy atom. The van der Waals surface area contributed by atoms with E-state index in [2.05, 4.69) is 5.32 Å². The number of hydrogen-bond donors (Lipinski definition) is 1. The molecule has 2 amide bonds. The van der Waals surface area contributed by atoms with Crippen LogP contribution in [0.5, 0.6) is 0 Å². The van der Waals surface area contributed by atoms with E-state index in [-0.39, 0.29) is 18.4 Å². The minimum atomic E-state index is -0.213. The fourth-order valence-electron chi connectivity index (χ4n) is 1.50. The quantitative estimate of drug-likeness (QED) is 0.890. The number of amides is 2. The van der Waals surface area contributed by atoms with Crippen molar-refractivity contribution in [3.05, 3.63) is 29.3 Å². The number of para-hydroxylation sites is 1. The molecule has 4 nitrogen and oxygen atoms in total. The van der Waals surface area contributed by atoms with Crippen molar-refractivity contribution in [2.75, 3.05) is 18.0 Å². The first-order chi connectivity index (χ1) is 8.56. The van der Waals surface area contributed by atoms with Gasteiger partial charge in [-0.05, 0) is 18.6 Å². The molecule has 0 spiro atoms. The summed E-state index contributed by atoms with van der Waals surface area (Å²) in [6.07, 6.45) is 0.859. The lowest BCUT2D eigenvalue weighted by molar-refractivity contribution is -0.123. The van der Waals surface area contributed by atoms with E-state index in [9.17, 15) is 9.59 Å². The van der Waals surface area contributed by atoms with Crippen molar-refractivity contribution >= 4 is 29.1 Å². The molecule has 1 N–H and O–H groups in total. The highest BCUT2D eigenvalue weighted by molar-refractivity contribution is 6.33. The van der Waals surface area contributed by atoms with Gasteiger partial charge in [-0.3, -0.25) is 9.59 Å². The van der Waals surface area contributed by atoms with Crippen LogP contribution in [0.2, 0.25) is 5.02 Å². The fraction of sp³-hybridized carbons (Fsp3) is 0.385. The summed E-state index contributed by atoms with van der Waals surface area (Å²) in [6.45, 7) is 3.97. The number of carbonyl (C=O) groups excluding carboxylic acids is 2. The normalized spacial score (nSPS) is 9.94. The summed E-state index contributed by atoms with van der Waals surface area (Å²) < 4.78 is 0. The van der Waals surface area contributed by atoms with E-state index >= 15 is 0 Å². The zero-order valence-corrected chi connectivity index (χ0v) is 11.3. The molecule has 0 bridgehead atoms. The Hall–Kier alpha value is -1.55. The molecule has 0 unspecified atom stereocenters. The van der Waals surface area contributed by atoms with Crippen LogP contribution in [0.3, 0.4) is 0 Å². The van der Waals surface area contributed by atoms with Crippen molar-refractivity contribution < 1.29 is 9.59 Å². The predicted octanol–water partition coefficient (Wildman–Crippen LogP) is 2.22. The summed E-state index contributed by atoms with van der Waals surface area (Å²) in [5.41, 5.74) is 0.554. The predicted molar refractivity (Wildman–Crippen MR) is 72.8 cm³/mol. The molecule has 0 aliphatic heterocycles. The first-order valence-corrected chi connectivity index (χ1v) is 6.23. The number of nitrogens with one attached hydrogen (secondary N) is 1. The molecule has 18 heavy (non-hydrogen) atoms. The van der Waals surface area contributed by atoms with Gasteiger partial charge in [0.05, 0.1) is 10.7 Å². The average molecular weight is 269 g/mol. The Bertz CT molecular complexity index is 435. The van der Waals surface area contributed by atoms with Crippen LogP contribution in [0, 0.1) is 0 Å². The Morgan fingerprint density at radius 1 is 1.33 bits per heavy atom. The SMILES string of the molecule is CCCNC(=O)CN(C(C)=O)c1ccccc1Cl. The molecule has 0 heterocycles. The highest BCUT2D eigenvalue weighted by atomic mass is 35.5. The maximum absolute atomic E-state index is 11.7. The number of halogens is 1. The third kappa shape index (κ3) is 4.04. The lowest BCUT2D eigenvalue weighted by Gasteiger charge is -2.21. The maximum atomic E-state index is 11.7. The first-order valence-electron chi connectivity index (χ1n) is 5.85. The van der Waals surface area contributed by atoms with E-state index in [0.717, 1.165) is 6.42 Å². The van der Waals surface area contributed by atoms with Crippen molar-refractivity contribution in [2.45, 2.75) is 20.3 Å². The van der Waals surface area contributed by atoms with Crippen LogP contribution in [0.15, 0.2) is 24.3 Å². The third-order valence-electron chi connectivity index (χ3n) is 2.40. The molecule has 0 aliphatic carbocycles. The summed E-state index contributed by atoms with van der Waals surface area (Å²) in [5.74, 6) is -0.401. The van der Waals surface area contributed by atoms with E-state index in [1.54, 1.807) is 24.3 Å². The highest BCUT2D eigenvalue weighted by Crippen LogP contribution is 2.24. The molecule has 98 valence electrons. The van der Waals surface area contributed by atoms with Crippen LogP contribution < -0.4 is 10.2 Å². The minimum absolute atomic E-state index is 0.0148. The van der Waals surface area contributed by atoms with Crippen LogP contribution in [-0.4, -0.2) is 24.9 Å². The molecular formula is C13H17ClN2O2. The topological polar surface area (TPSA) is 49.4 Å². The molecule has 1 aromatic carbocycles. The van der Waals surface area contributed by atoms with Crippen LogP contribution in [-0.2, 0) is 9.59 Å². The number of nitrogens with zero attached hydrogens (tertiary/aromatic N) is 1. The van der Waals surface area contributed by atoms with Gasteiger partial charge in [-0.15, -0.1) is 0 Å². The monoisotopic (exact) mass is 268 g/mol. The summed E-state index contributed by atoms with van der Waals surface area (Å²) in [7, 11) is 0. The third-order valence-corrected chi connectivity index (χ3v) is 2.72. The lowest BCUT2D eigenvalue weighted by Crippen LogP contribution is -2.40. The smallest absolute Gasteiger partial charge is 0.240 e. The van der Waals surface area contributed by atoms with Crippen LogP contribution >= 0.6 is 11.6 Å². The second kappa shape index (κ2) is 7.01. The zero-order chi connectivity index (χ0) is 13.5. The molecule has 0 saturated carbocycles. The number of carbonyl (C=O) groups is 2. The molecule has 0 aliphatic rings. The fourth-order valence-corrected chi connectivity index (χ4v) is 1.74. The van der Waals surface area contributed by atoms with E-state index in [4.69, 9.17) is 11.6 Å². The molecule has 0 saturated heterocycles. The van der Waals surface area contributed by atoms with Gasteiger partial charge in [-0.25, -0.2) is 0 Å². The van der Waals surface area contributed by atoms with E-state index in [1.165, 1.54) is 11.8 Å². The lowest BCUT2D eigenvalue weighted by atomic mass is 10.2. The molecule has 0 atom stereocenters. The summed E-state index contributed by atoms with van der Waals surface area (Å²) in [6, 6.07) is 6.97. The van der Waals surface area contributed by atoms with Crippen LogP contribution in [0.4, 0.5) is 5.69 Å². The number of anilines is 1. The number of benzene rings is 1. The van der Waals surface area contributed by atoms with Gasteiger partial charge in [0.15, 0.2) is 0 Å². The molecule has 1 aromatic rings. The Labute approximate surface area is 112 Å². The van der Waals surface area contributed by atoms with Gasteiger partial charge in [0.2, 0.25) is 11.8 Å². The summed E-state index contributed by atoms with van der Waals surface area (Å²) >= 11 is 6.03. The van der Waals surface area contributed by atoms with E-state index in [1.807, 2.05) is 6.92 Å².